The molecule has 6 nitrogen and oxygen atoms in total. The Morgan fingerprint density at radius 1 is 1.41 bits per heavy atom. The van der Waals surface area contributed by atoms with Crippen molar-refractivity contribution in [3.63, 3.8) is 0 Å². The third-order valence-corrected chi connectivity index (χ3v) is 6.79. The highest BCUT2D eigenvalue weighted by atomic mass is 32.1. The maximum Gasteiger partial charge on any atom is 0.234 e. The molecule has 1 spiro atoms. The van der Waals surface area contributed by atoms with Crippen LogP contribution in [0.1, 0.15) is 10.7 Å². The first-order chi connectivity index (χ1) is 13.9. The Morgan fingerprint density at radius 2 is 2.17 bits per heavy atom. The predicted molar refractivity (Wildman–Crippen MR) is 106 cm³/mol. The Kier molecular flexibility index (Phi) is 4.11. The van der Waals surface area contributed by atoms with Gasteiger partial charge in [-0.15, -0.1) is 11.3 Å². The van der Waals surface area contributed by atoms with E-state index in [0.717, 1.165) is 10.7 Å². The van der Waals surface area contributed by atoms with Crippen molar-refractivity contribution in [1.82, 2.24) is 9.88 Å². The molecule has 8 heteroatoms. The van der Waals surface area contributed by atoms with Gasteiger partial charge in [0.2, 0.25) is 11.8 Å². The summed E-state index contributed by atoms with van der Waals surface area (Å²) in [5.41, 5.74) is 0.649. The molecule has 2 amide bonds. The summed E-state index contributed by atoms with van der Waals surface area (Å²) in [7, 11) is 1.73. The molecule has 3 aliphatic heterocycles. The lowest BCUT2D eigenvalue weighted by atomic mass is 9.76. The number of ether oxygens (including phenoxy) is 1. The number of aryl methyl sites for hydroxylation is 1. The van der Waals surface area contributed by atoms with Crippen LogP contribution in [0, 0.1) is 24.6 Å². The van der Waals surface area contributed by atoms with E-state index in [-0.39, 0.29) is 17.6 Å². The second-order valence-electron chi connectivity index (χ2n) is 7.85. The number of carbonyl (C=O) groups is 2. The summed E-state index contributed by atoms with van der Waals surface area (Å²) in [4.78, 5) is 34.2. The van der Waals surface area contributed by atoms with Gasteiger partial charge in [0.15, 0.2) is 0 Å². The SMILES string of the molecule is Cc1nc(CN(C)C(=O)[C@H]2[C@@H]3C=C[C@@]4(CN(c5ccc(F)cc5)C(=O)[C@H]24)O3)cs1. The zero-order valence-electron chi connectivity index (χ0n) is 16.0. The first-order valence-electron chi connectivity index (χ1n) is 9.48. The predicted octanol–water partition coefficient (Wildman–Crippen LogP) is 2.54. The number of hydrogen-bond acceptors (Lipinski definition) is 5. The minimum atomic E-state index is -0.797. The van der Waals surface area contributed by atoms with Gasteiger partial charge in [-0.2, -0.15) is 0 Å². The summed E-state index contributed by atoms with van der Waals surface area (Å²) in [6, 6.07) is 5.81. The second kappa shape index (κ2) is 6.47. The molecule has 0 radical (unpaired) electrons. The Labute approximate surface area is 171 Å². The summed E-state index contributed by atoms with van der Waals surface area (Å²) < 4.78 is 19.5. The minimum Gasteiger partial charge on any atom is -0.360 e. The van der Waals surface area contributed by atoms with Gasteiger partial charge in [-0.25, -0.2) is 9.37 Å². The number of halogens is 1. The van der Waals surface area contributed by atoms with Crippen LogP contribution in [0.4, 0.5) is 10.1 Å². The Hall–Kier alpha value is -2.58. The number of aromatic nitrogens is 1. The molecule has 0 saturated carbocycles. The molecule has 0 aliphatic carbocycles. The minimum absolute atomic E-state index is 0.119. The number of amides is 2. The number of anilines is 1. The summed E-state index contributed by atoms with van der Waals surface area (Å²) in [6.45, 7) is 2.65. The van der Waals surface area contributed by atoms with Gasteiger partial charge >= 0.3 is 0 Å². The van der Waals surface area contributed by atoms with Crippen molar-refractivity contribution >= 4 is 28.8 Å². The van der Waals surface area contributed by atoms with Gasteiger partial charge in [0, 0.05) is 18.1 Å². The Bertz CT molecular complexity index is 1020. The molecule has 4 atom stereocenters. The van der Waals surface area contributed by atoms with Crippen LogP contribution in [-0.4, -0.2) is 47.0 Å². The van der Waals surface area contributed by atoms with Crippen molar-refractivity contribution in [1.29, 1.82) is 0 Å². The fourth-order valence-corrected chi connectivity index (χ4v) is 5.28. The average Bonchev–Trinajstić information content (AvgIpc) is 3.43. The van der Waals surface area contributed by atoms with Crippen molar-refractivity contribution in [2.45, 2.75) is 25.2 Å². The van der Waals surface area contributed by atoms with Crippen molar-refractivity contribution in [3.05, 3.63) is 58.3 Å². The van der Waals surface area contributed by atoms with Crippen molar-refractivity contribution in [2.24, 2.45) is 11.8 Å². The number of carbonyl (C=O) groups excluding carboxylic acids is 2. The molecule has 2 saturated heterocycles. The summed E-state index contributed by atoms with van der Waals surface area (Å²) in [5, 5.41) is 2.89. The monoisotopic (exact) mass is 413 g/mol. The zero-order valence-corrected chi connectivity index (χ0v) is 16.9. The molecule has 2 bridgehead atoms. The van der Waals surface area contributed by atoms with Gasteiger partial charge in [0.25, 0.3) is 0 Å². The molecular weight excluding hydrogens is 393 g/mol. The van der Waals surface area contributed by atoms with Crippen molar-refractivity contribution in [2.75, 3.05) is 18.5 Å². The van der Waals surface area contributed by atoms with Gasteiger partial charge in [-0.3, -0.25) is 9.59 Å². The van der Waals surface area contributed by atoms with E-state index in [1.54, 1.807) is 40.3 Å². The van der Waals surface area contributed by atoms with Crippen LogP contribution in [0.25, 0.3) is 0 Å². The fourth-order valence-electron chi connectivity index (χ4n) is 4.68. The highest BCUT2D eigenvalue weighted by Gasteiger charge is 2.67. The highest BCUT2D eigenvalue weighted by Crippen LogP contribution is 2.53. The summed E-state index contributed by atoms with van der Waals surface area (Å²) in [5.74, 6) is -1.77. The summed E-state index contributed by atoms with van der Waals surface area (Å²) >= 11 is 1.54. The van der Waals surface area contributed by atoms with Crippen LogP contribution in [0.15, 0.2) is 41.8 Å². The molecule has 4 heterocycles. The van der Waals surface area contributed by atoms with Crippen LogP contribution in [-0.2, 0) is 20.9 Å². The lowest BCUT2D eigenvalue weighted by Gasteiger charge is -2.27. The van der Waals surface area contributed by atoms with Crippen molar-refractivity contribution < 1.29 is 18.7 Å². The molecule has 1 aromatic carbocycles. The van der Waals surface area contributed by atoms with E-state index in [1.807, 2.05) is 24.5 Å². The number of benzene rings is 1. The van der Waals surface area contributed by atoms with Crippen LogP contribution < -0.4 is 4.90 Å². The van der Waals surface area contributed by atoms with Crippen LogP contribution in [0.2, 0.25) is 0 Å². The van der Waals surface area contributed by atoms with E-state index in [1.165, 1.54) is 12.1 Å². The number of fused-ring (bicyclic) bond motifs is 1. The smallest absolute Gasteiger partial charge is 0.234 e. The van der Waals surface area contributed by atoms with Crippen molar-refractivity contribution in [3.8, 4) is 0 Å². The van der Waals surface area contributed by atoms with Crippen LogP contribution >= 0.6 is 11.3 Å². The molecule has 2 aromatic rings. The molecule has 29 heavy (non-hydrogen) atoms. The van der Waals surface area contributed by atoms with Gasteiger partial charge < -0.3 is 14.5 Å². The second-order valence-corrected chi connectivity index (χ2v) is 8.92. The molecule has 0 N–H and O–H groups in total. The Balaban J connectivity index is 1.41. The molecule has 0 unspecified atom stereocenters. The van der Waals surface area contributed by atoms with E-state index in [2.05, 4.69) is 4.98 Å². The lowest BCUT2D eigenvalue weighted by molar-refractivity contribution is -0.139. The summed E-state index contributed by atoms with van der Waals surface area (Å²) in [6.07, 6.45) is 3.41. The first-order valence-corrected chi connectivity index (χ1v) is 10.4. The molecular formula is C21H20FN3O3S. The van der Waals surface area contributed by atoms with Gasteiger partial charge in [0.1, 0.15) is 11.4 Å². The molecule has 2 fully saturated rings. The first kappa shape index (κ1) is 18.4. The zero-order chi connectivity index (χ0) is 20.3. The van der Waals surface area contributed by atoms with Gasteiger partial charge in [0.05, 0.1) is 41.7 Å². The number of hydrogen-bond donors (Lipinski definition) is 0. The molecule has 1 aromatic heterocycles. The van der Waals surface area contributed by atoms with E-state index in [4.69, 9.17) is 4.74 Å². The Morgan fingerprint density at radius 3 is 2.86 bits per heavy atom. The lowest BCUT2D eigenvalue weighted by Crippen LogP contribution is -2.44. The molecule has 5 rings (SSSR count). The van der Waals surface area contributed by atoms with E-state index in [0.29, 0.717) is 18.8 Å². The highest BCUT2D eigenvalue weighted by molar-refractivity contribution is 7.09. The standard InChI is InChI=1S/C21H20FN3O3S/c1-12-23-14(10-29-12)9-24(2)19(26)17-16-7-8-21(28-16)11-25(20(27)18(17)21)15-5-3-13(22)4-6-15/h3-8,10,16-18H,9,11H2,1-2H3/t16-,17-,18-,21-/m0/s1. The fraction of sp³-hybridized carbons (Fsp3) is 0.381. The van der Waals surface area contributed by atoms with Gasteiger partial charge in [-0.05, 0) is 31.2 Å². The van der Waals surface area contributed by atoms with Crippen LogP contribution in [0.3, 0.4) is 0 Å². The van der Waals surface area contributed by atoms with Crippen LogP contribution in [0.5, 0.6) is 0 Å². The largest absolute Gasteiger partial charge is 0.360 e. The third-order valence-electron chi connectivity index (χ3n) is 5.97. The normalized spacial score (nSPS) is 29.6. The maximum absolute atomic E-state index is 13.3. The van der Waals surface area contributed by atoms with Gasteiger partial charge in [-0.1, -0.05) is 12.2 Å². The molecule has 3 aliphatic rings. The number of rotatable bonds is 4. The number of nitrogens with zero attached hydrogens (tertiary/aromatic N) is 3. The van der Waals surface area contributed by atoms with E-state index < -0.39 is 23.5 Å². The maximum atomic E-state index is 13.3. The quantitative estimate of drug-likeness (QED) is 0.723. The average molecular weight is 413 g/mol. The molecule has 150 valence electrons. The topological polar surface area (TPSA) is 62.7 Å². The van der Waals surface area contributed by atoms with E-state index in [9.17, 15) is 14.0 Å². The third kappa shape index (κ3) is 2.81. The number of thiazole rings is 1. The van der Waals surface area contributed by atoms with E-state index >= 15 is 0 Å².